The van der Waals surface area contributed by atoms with Crippen LogP contribution in [0.15, 0.2) is 24.3 Å². The fourth-order valence-corrected chi connectivity index (χ4v) is 1.49. The van der Waals surface area contributed by atoms with Crippen LogP contribution < -0.4 is 5.32 Å². The first-order valence-corrected chi connectivity index (χ1v) is 5.19. The van der Waals surface area contributed by atoms with Crippen molar-refractivity contribution >= 4 is 0 Å². The standard InChI is InChI=1S/C12H19NO/c1-3-11-6-4-5-7-12(11)9-13-8-10(2)14/h4-7,10,13-14H,3,8-9H2,1-2H3/t10-/m1/s1. The fraction of sp³-hybridized carbons (Fsp3) is 0.500. The van der Waals surface area contributed by atoms with Crippen molar-refractivity contribution in [3.05, 3.63) is 35.4 Å². The third-order valence-corrected chi connectivity index (χ3v) is 2.25. The summed E-state index contributed by atoms with van der Waals surface area (Å²) >= 11 is 0. The van der Waals surface area contributed by atoms with E-state index in [4.69, 9.17) is 5.11 Å². The summed E-state index contributed by atoms with van der Waals surface area (Å²) in [6.45, 7) is 5.44. The van der Waals surface area contributed by atoms with E-state index in [2.05, 4.69) is 36.5 Å². The quantitative estimate of drug-likeness (QED) is 0.746. The number of aryl methyl sites for hydroxylation is 1. The zero-order valence-corrected chi connectivity index (χ0v) is 8.96. The SMILES string of the molecule is CCc1ccccc1CNC[C@@H](C)O. The van der Waals surface area contributed by atoms with Gasteiger partial charge in [0.25, 0.3) is 0 Å². The molecule has 2 N–H and O–H groups in total. The van der Waals surface area contributed by atoms with Gasteiger partial charge in [0.1, 0.15) is 0 Å². The van der Waals surface area contributed by atoms with Gasteiger partial charge in [-0.05, 0) is 24.5 Å². The van der Waals surface area contributed by atoms with Gasteiger partial charge < -0.3 is 10.4 Å². The minimum atomic E-state index is -0.274. The van der Waals surface area contributed by atoms with E-state index in [1.165, 1.54) is 11.1 Å². The summed E-state index contributed by atoms with van der Waals surface area (Å²) < 4.78 is 0. The Hall–Kier alpha value is -0.860. The molecule has 1 rings (SSSR count). The molecule has 14 heavy (non-hydrogen) atoms. The maximum absolute atomic E-state index is 9.09. The third-order valence-electron chi connectivity index (χ3n) is 2.25. The van der Waals surface area contributed by atoms with Gasteiger partial charge in [0.2, 0.25) is 0 Å². The predicted molar refractivity (Wildman–Crippen MR) is 59.2 cm³/mol. The Bertz CT molecular complexity index is 271. The molecule has 0 aliphatic carbocycles. The second kappa shape index (κ2) is 5.78. The minimum Gasteiger partial charge on any atom is -0.392 e. The molecule has 0 aliphatic rings. The second-order valence-corrected chi connectivity index (χ2v) is 3.60. The van der Waals surface area contributed by atoms with Crippen molar-refractivity contribution in [1.29, 1.82) is 0 Å². The largest absolute Gasteiger partial charge is 0.392 e. The van der Waals surface area contributed by atoms with Gasteiger partial charge in [0.05, 0.1) is 6.10 Å². The van der Waals surface area contributed by atoms with E-state index in [1.54, 1.807) is 6.92 Å². The van der Waals surface area contributed by atoms with Gasteiger partial charge in [-0.3, -0.25) is 0 Å². The van der Waals surface area contributed by atoms with Gasteiger partial charge in [-0.1, -0.05) is 31.2 Å². The van der Waals surface area contributed by atoms with Crippen molar-refractivity contribution in [3.63, 3.8) is 0 Å². The van der Waals surface area contributed by atoms with Crippen LogP contribution in [0.5, 0.6) is 0 Å². The van der Waals surface area contributed by atoms with E-state index in [0.717, 1.165) is 13.0 Å². The minimum absolute atomic E-state index is 0.274. The van der Waals surface area contributed by atoms with Gasteiger partial charge in [0, 0.05) is 13.1 Å². The van der Waals surface area contributed by atoms with Crippen molar-refractivity contribution < 1.29 is 5.11 Å². The predicted octanol–water partition coefficient (Wildman–Crippen LogP) is 1.72. The molecular weight excluding hydrogens is 174 g/mol. The van der Waals surface area contributed by atoms with Crippen LogP contribution in [-0.2, 0) is 13.0 Å². The van der Waals surface area contributed by atoms with Crippen molar-refractivity contribution in [2.75, 3.05) is 6.54 Å². The molecule has 0 aliphatic heterocycles. The molecule has 1 atom stereocenters. The van der Waals surface area contributed by atoms with E-state index in [0.29, 0.717) is 6.54 Å². The molecule has 0 bridgehead atoms. The normalized spacial score (nSPS) is 12.8. The Morgan fingerprint density at radius 2 is 1.93 bits per heavy atom. The lowest BCUT2D eigenvalue weighted by atomic mass is 10.1. The molecule has 0 heterocycles. The first kappa shape index (κ1) is 11.2. The van der Waals surface area contributed by atoms with Gasteiger partial charge in [-0.25, -0.2) is 0 Å². The highest BCUT2D eigenvalue weighted by molar-refractivity contribution is 5.26. The molecule has 0 amide bonds. The Morgan fingerprint density at radius 3 is 2.50 bits per heavy atom. The van der Waals surface area contributed by atoms with Crippen LogP contribution in [0.4, 0.5) is 0 Å². The van der Waals surface area contributed by atoms with Crippen LogP contribution in [0.1, 0.15) is 25.0 Å². The topological polar surface area (TPSA) is 32.3 Å². The molecule has 0 radical (unpaired) electrons. The molecule has 0 fully saturated rings. The molecule has 1 aromatic rings. The number of aliphatic hydroxyl groups is 1. The molecule has 0 saturated heterocycles. The van der Waals surface area contributed by atoms with Crippen molar-refractivity contribution in [2.24, 2.45) is 0 Å². The summed E-state index contributed by atoms with van der Waals surface area (Å²) in [4.78, 5) is 0. The van der Waals surface area contributed by atoms with E-state index in [9.17, 15) is 0 Å². The molecule has 0 unspecified atom stereocenters. The molecule has 0 aromatic heterocycles. The van der Waals surface area contributed by atoms with E-state index < -0.39 is 0 Å². The summed E-state index contributed by atoms with van der Waals surface area (Å²) in [5.41, 5.74) is 2.71. The fourth-order valence-electron chi connectivity index (χ4n) is 1.49. The number of benzene rings is 1. The van der Waals surface area contributed by atoms with Crippen molar-refractivity contribution in [3.8, 4) is 0 Å². The smallest absolute Gasteiger partial charge is 0.0636 e. The molecule has 2 nitrogen and oxygen atoms in total. The van der Waals surface area contributed by atoms with Gasteiger partial charge in [-0.2, -0.15) is 0 Å². The van der Waals surface area contributed by atoms with Crippen LogP contribution in [-0.4, -0.2) is 17.8 Å². The lowest BCUT2D eigenvalue weighted by molar-refractivity contribution is 0.191. The summed E-state index contributed by atoms with van der Waals surface area (Å²) in [5, 5.41) is 12.3. The Labute approximate surface area is 86.0 Å². The monoisotopic (exact) mass is 193 g/mol. The molecule has 78 valence electrons. The van der Waals surface area contributed by atoms with E-state index in [-0.39, 0.29) is 6.10 Å². The average Bonchev–Trinajstić information content (AvgIpc) is 2.18. The Kier molecular flexibility index (Phi) is 4.63. The lowest BCUT2D eigenvalue weighted by Crippen LogP contribution is -2.24. The summed E-state index contributed by atoms with van der Waals surface area (Å²) in [6, 6.07) is 8.41. The number of hydrogen-bond acceptors (Lipinski definition) is 2. The zero-order chi connectivity index (χ0) is 10.4. The highest BCUT2D eigenvalue weighted by Crippen LogP contribution is 2.08. The highest BCUT2D eigenvalue weighted by Gasteiger charge is 1.99. The van der Waals surface area contributed by atoms with Crippen molar-refractivity contribution in [2.45, 2.75) is 32.9 Å². The van der Waals surface area contributed by atoms with Crippen LogP contribution in [0.2, 0.25) is 0 Å². The number of nitrogens with one attached hydrogen (secondary N) is 1. The Balaban J connectivity index is 2.49. The van der Waals surface area contributed by atoms with Crippen LogP contribution in [0, 0.1) is 0 Å². The maximum Gasteiger partial charge on any atom is 0.0636 e. The number of rotatable bonds is 5. The first-order chi connectivity index (χ1) is 6.74. The van der Waals surface area contributed by atoms with Crippen LogP contribution in [0.25, 0.3) is 0 Å². The maximum atomic E-state index is 9.09. The Morgan fingerprint density at radius 1 is 1.29 bits per heavy atom. The molecule has 2 heteroatoms. The second-order valence-electron chi connectivity index (χ2n) is 3.60. The van der Waals surface area contributed by atoms with E-state index in [1.807, 2.05) is 0 Å². The van der Waals surface area contributed by atoms with Gasteiger partial charge >= 0.3 is 0 Å². The van der Waals surface area contributed by atoms with Crippen molar-refractivity contribution in [1.82, 2.24) is 5.32 Å². The lowest BCUT2D eigenvalue weighted by Gasteiger charge is -2.10. The number of aliphatic hydroxyl groups excluding tert-OH is 1. The summed E-state index contributed by atoms with van der Waals surface area (Å²) in [5.74, 6) is 0. The molecule has 0 saturated carbocycles. The summed E-state index contributed by atoms with van der Waals surface area (Å²) in [7, 11) is 0. The van der Waals surface area contributed by atoms with Gasteiger partial charge in [-0.15, -0.1) is 0 Å². The zero-order valence-electron chi connectivity index (χ0n) is 8.96. The average molecular weight is 193 g/mol. The summed E-state index contributed by atoms with van der Waals surface area (Å²) in [6.07, 6.45) is 0.788. The first-order valence-electron chi connectivity index (χ1n) is 5.19. The molecule has 0 spiro atoms. The van der Waals surface area contributed by atoms with Gasteiger partial charge in [0.15, 0.2) is 0 Å². The number of hydrogen-bond donors (Lipinski definition) is 2. The van der Waals surface area contributed by atoms with Crippen LogP contribution >= 0.6 is 0 Å². The van der Waals surface area contributed by atoms with E-state index >= 15 is 0 Å². The molecular formula is C12H19NO. The third kappa shape index (κ3) is 3.48. The highest BCUT2D eigenvalue weighted by atomic mass is 16.3. The van der Waals surface area contributed by atoms with Crippen LogP contribution in [0.3, 0.4) is 0 Å². The molecule has 1 aromatic carbocycles.